The van der Waals surface area contributed by atoms with Crippen molar-refractivity contribution in [2.75, 3.05) is 38.2 Å². The van der Waals surface area contributed by atoms with Gasteiger partial charge in [-0.2, -0.15) is 5.10 Å². The lowest BCUT2D eigenvalue weighted by Crippen LogP contribution is -2.46. The summed E-state index contributed by atoms with van der Waals surface area (Å²) in [5.41, 5.74) is 3.24. The molecule has 0 spiro atoms. The minimum absolute atomic E-state index is 0.723. The van der Waals surface area contributed by atoms with Gasteiger partial charge in [-0.1, -0.05) is 23.7 Å². The maximum Gasteiger partial charge on any atom is 0.119 e. The standard InChI is InChI=1S/C19H21ClN4O/c1-25-15-7-5-14(6-8-15)24-11-9-23(10-12-24)13-18-16-3-2-4-17(20)19(16)22-21-18/h2-8H,9-13H2,1H3,(H,21,22). The van der Waals surface area contributed by atoms with Crippen LogP contribution < -0.4 is 9.64 Å². The normalized spacial score (nSPS) is 15.7. The van der Waals surface area contributed by atoms with Crippen LogP contribution in [0.1, 0.15) is 5.69 Å². The number of piperazine rings is 1. The molecule has 0 saturated carbocycles. The molecule has 1 aromatic heterocycles. The van der Waals surface area contributed by atoms with E-state index in [0.717, 1.165) is 60.1 Å². The average Bonchev–Trinajstić information content (AvgIpc) is 3.07. The third kappa shape index (κ3) is 3.30. The predicted molar refractivity (Wildman–Crippen MR) is 102 cm³/mol. The van der Waals surface area contributed by atoms with Gasteiger partial charge in [0.15, 0.2) is 0 Å². The van der Waals surface area contributed by atoms with Crippen molar-refractivity contribution in [1.82, 2.24) is 15.1 Å². The van der Waals surface area contributed by atoms with E-state index in [-0.39, 0.29) is 0 Å². The predicted octanol–water partition coefficient (Wildman–Crippen LogP) is 3.55. The third-order valence-corrected chi connectivity index (χ3v) is 5.13. The number of methoxy groups -OCH3 is 1. The summed E-state index contributed by atoms with van der Waals surface area (Å²) >= 11 is 6.22. The Morgan fingerprint density at radius 1 is 1.08 bits per heavy atom. The van der Waals surface area contributed by atoms with Crippen LogP contribution in [0.3, 0.4) is 0 Å². The first kappa shape index (κ1) is 16.2. The molecule has 2 heterocycles. The number of H-pyrrole nitrogens is 1. The molecule has 1 N–H and O–H groups in total. The van der Waals surface area contributed by atoms with Gasteiger partial charge in [0.2, 0.25) is 0 Å². The zero-order valence-electron chi connectivity index (χ0n) is 14.2. The van der Waals surface area contributed by atoms with Gasteiger partial charge in [-0.05, 0) is 30.3 Å². The van der Waals surface area contributed by atoms with E-state index in [1.54, 1.807) is 7.11 Å². The molecule has 5 nitrogen and oxygen atoms in total. The van der Waals surface area contributed by atoms with Crippen molar-refractivity contribution in [2.45, 2.75) is 6.54 Å². The van der Waals surface area contributed by atoms with Gasteiger partial charge < -0.3 is 9.64 Å². The SMILES string of the molecule is COc1ccc(N2CCN(Cc3n[nH]c4c(Cl)cccc34)CC2)cc1. The molecule has 130 valence electrons. The largest absolute Gasteiger partial charge is 0.497 e. The monoisotopic (exact) mass is 356 g/mol. The molecule has 6 heteroatoms. The third-order valence-electron chi connectivity index (χ3n) is 4.81. The van der Waals surface area contributed by atoms with Gasteiger partial charge in [0.1, 0.15) is 5.75 Å². The van der Waals surface area contributed by atoms with Gasteiger partial charge in [-0.15, -0.1) is 0 Å². The molecule has 0 radical (unpaired) electrons. The van der Waals surface area contributed by atoms with Crippen molar-refractivity contribution in [2.24, 2.45) is 0 Å². The Hall–Kier alpha value is -2.24. The van der Waals surface area contributed by atoms with E-state index < -0.39 is 0 Å². The van der Waals surface area contributed by atoms with E-state index >= 15 is 0 Å². The quantitative estimate of drug-likeness (QED) is 0.776. The number of hydrogen-bond donors (Lipinski definition) is 1. The fraction of sp³-hybridized carbons (Fsp3) is 0.316. The van der Waals surface area contributed by atoms with Crippen LogP contribution in [0.25, 0.3) is 10.9 Å². The average molecular weight is 357 g/mol. The number of benzene rings is 2. The molecule has 0 bridgehead atoms. The summed E-state index contributed by atoms with van der Waals surface area (Å²) in [6.45, 7) is 4.89. The maximum absolute atomic E-state index is 6.22. The van der Waals surface area contributed by atoms with Crippen molar-refractivity contribution in [1.29, 1.82) is 0 Å². The minimum atomic E-state index is 0.723. The van der Waals surface area contributed by atoms with Gasteiger partial charge in [-0.25, -0.2) is 0 Å². The molecule has 1 fully saturated rings. The molecular weight excluding hydrogens is 336 g/mol. The van der Waals surface area contributed by atoms with Crippen LogP contribution in [0.4, 0.5) is 5.69 Å². The number of hydrogen-bond acceptors (Lipinski definition) is 4. The van der Waals surface area contributed by atoms with Gasteiger partial charge in [-0.3, -0.25) is 10.00 Å². The highest BCUT2D eigenvalue weighted by Gasteiger charge is 2.19. The minimum Gasteiger partial charge on any atom is -0.497 e. The fourth-order valence-corrected chi connectivity index (χ4v) is 3.57. The number of aromatic nitrogens is 2. The van der Waals surface area contributed by atoms with Crippen LogP contribution in [-0.2, 0) is 6.54 Å². The van der Waals surface area contributed by atoms with Crippen LogP contribution in [0.5, 0.6) is 5.75 Å². The Labute approximate surface area is 152 Å². The highest BCUT2D eigenvalue weighted by Crippen LogP contribution is 2.25. The van der Waals surface area contributed by atoms with E-state index in [2.05, 4.69) is 38.2 Å². The number of rotatable bonds is 4. The van der Waals surface area contributed by atoms with Crippen molar-refractivity contribution in [3.8, 4) is 5.75 Å². The molecule has 0 unspecified atom stereocenters. The number of fused-ring (bicyclic) bond motifs is 1. The van der Waals surface area contributed by atoms with Gasteiger partial charge in [0, 0.05) is 43.8 Å². The second-order valence-electron chi connectivity index (χ2n) is 6.29. The van der Waals surface area contributed by atoms with E-state index in [9.17, 15) is 0 Å². The smallest absolute Gasteiger partial charge is 0.119 e. The van der Waals surface area contributed by atoms with Crippen LogP contribution in [-0.4, -0.2) is 48.4 Å². The summed E-state index contributed by atoms with van der Waals surface area (Å²) in [5.74, 6) is 0.895. The van der Waals surface area contributed by atoms with Crippen molar-refractivity contribution < 1.29 is 4.74 Å². The van der Waals surface area contributed by atoms with E-state index in [0.29, 0.717) is 0 Å². The number of nitrogens with zero attached hydrogens (tertiary/aromatic N) is 3. The lowest BCUT2D eigenvalue weighted by Gasteiger charge is -2.35. The number of anilines is 1. The van der Waals surface area contributed by atoms with Crippen molar-refractivity contribution >= 4 is 28.2 Å². The van der Waals surface area contributed by atoms with Crippen molar-refractivity contribution in [3.63, 3.8) is 0 Å². The molecule has 25 heavy (non-hydrogen) atoms. The first-order valence-corrected chi connectivity index (χ1v) is 8.85. The van der Waals surface area contributed by atoms with Crippen molar-refractivity contribution in [3.05, 3.63) is 53.2 Å². The summed E-state index contributed by atoms with van der Waals surface area (Å²) in [6, 6.07) is 14.2. The van der Waals surface area contributed by atoms with Crippen LogP contribution in [0, 0.1) is 0 Å². The van der Waals surface area contributed by atoms with Gasteiger partial charge in [0.05, 0.1) is 23.3 Å². The second-order valence-corrected chi connectivity index (χ2v) is 6.70. The molecule has 2 aromatic carbocycles. The summed E-state index contributed by atoms with van der Waals surface area (Å²) in [5, 5.41) is 9.37. The van der Waals surface area contributed by atoms with Crippen LogP contribution in [0.2, 0.25) is 5.02 Å². The summed E-state index contributed by atoms with van der Waals surface area (Å²) in [6.07, 6.45) is 0. The summed E-state index contributed by atoms with van der Waals surface area (Å²) in [7, 11) is 1.69. The lowest BCUT2D eigenvalue weighted by molar-refractivity contribution is 0.248. The topological polar surface area (TPSA) is 44.4 Å². The first-order valence-electron chi connectivity index (χ1n) is 8.47. The fourth-order valence-electron chi connectivity index (χ4n) is 3.35. The Balaban J connectivity index is 1.40. The highest BCUT2D eigenvalue weighted by atomic mass is 35.5. The Bertz CT molecular complexity index is 853. The molecule has 0 atom stereocenters. The highest BCUT2D eigenvalue weighted by molar-refractivity contribution is 6.35. The molecule has 3 aromatic rings. The summed E-state index contributed by atoms with van der Waals surface area (Å²) < 4.78 is 5.23. The zero-order valence-corrected chi connectivity index (χ0v) is 15.0. The van der Waals surface area contributed by atoms with E-state index in [1.165, 1.54) is 5.69 Å². The number of nitrogens with one attached hydrogen (secondary N) is 1. The number of ether oxygens (including phenoxy) is 1. The molecular formula is C19H21ClN4O. The maximum atomic E-state index is 6.22. The molecule has 1 saturated heterocycles. The number of para-hydroxylation sites is 1. The lowest BCUT2D eigenvalue weighted by atomic mass is 10.2. The van der Waals surface area contributed by atoms with Gasteiger partial charge >= 0.3 is 0 Å². The molecule has 4 rings (SSSR count). The Kier molecular flexibility index (Phi) is 4.51. The van der Waals surface area contributed by atoms with Crippen LogP contribution in [0.15, 0.2) is 42.5 Å². The Morgan fingerprint density at radius 3 is 2.56 bits per heavy atom. The Morgan fingerprint density at radius 2 is 1.84 bits per heavy atom. The zero-order chi connectivity index (χ0) is 17.2. The molecule has 0 aliphatic carbocycles. The number of halogens is 1. The molecule has 1 aliphatic rings. The second kappa shape index (κ2) is 6.94. The first-order chi connectivity index (χ1) is 12.2. The van der Waals surface area contributed by atoms with Crippen LogP contribution >= 0.6 is 11.6 Å². The van der Waals surface area contributed by atoms with E-state index in [1.807, 2.05) is 24.3 Å². The van der Waals surface area contributed by atoms with Gasteiger partial charge in [0.25, 0.3) is 0 Å². The number of aromatic amines is 1. The summed E-state index contributed by atoms with van der Waals surface area (Å²) in [4.78, 5) is 4.85. The molecule has 0 amide bonds. The molecule has 1 aliphatic heterocycles. The van der Waals surface area contributed by atoms with E-state index in [4.69, 9.17) is 16.3 Å².